The van der Waals surface area contributed by atoms with E-state index in [1.807, 2.05) is 0 Å². The van der Waals surface area contributed by atoms with Crippen LogP contribution in [0.3, 0.4) is 0 Å². The predicted octanol–water partition coefficient (Wildman–Crippen LogP) is 0.289. The van der Waals surface area contributed by atoms with E-state index in [2.05, 4.69) is 11.1 Å². The zero-order valence-corrected chi connectivity index (χ0v) is 6.90. The van der Waals surface area contributed by atoms with Gasteiger partial charge in [-0.1, -0.05) is 0 Å². The summed E-state index contributed by atoms with van der Waals surface area (Å²) in [6, 6.07) is 2.43. The first-order valence-electron chi connectivity index (χ1n) is 3.39. The summed E-state index contributed by atoms with van der Waals surface area (Å²) in [7, 11) is 3.21. The van der Waals surface area contributed by atoms with Gasteiger partial charge in [-0.15, -0.1) is 0 Å². The highest BCUT2D eigenvalue weighted by Gasteiger charge is 2.12. The Labute approximate surface area is 70.5 Å². The van der Waals surface area contributed by atoms with E-state index in [9.17, 15) is 9.90 Å². The van der Waals surface area contributed by atoms with E-state index in [0.29, 0.717) is 0 Å². The van der Waals surface area contributed by atoms with Gasteiger partial charge in [-0.25, -0.2) is 0 Å². The Morgan fingerprint density at radius 3 is 2.83 bits per heavy atom. The average molecular weight is 165 g/mol. The van der Waals surface area contributed by atoms with E-state index >= 15 is 0 Å². The highest BCUT2D eigenvalue weighted by molar-refractivity contribution is 5.95. The van der Waals surface area contributed by atoms with Gasteiger partial charge in [0.25, 0.3) is 5.91 Å². The van der Waals surface area contributed by atoms with Crippen LogP contribution < -0.4 is 0 Å². The summed E-state index contributed by atoms with van der Waals surface area (Å²) < 4.78 is 0. The fraction of sp³-hybridized carbons (Fsp3) is 0.250. The maximum Gasteiger partial charge on any atom is 0.258 e. The summed E-state index contributed by atoms with van der Waals surface area (Å²) in [5.41, 5.74) is 0.169. The van der Waals surface area contributed by atoms with Gasteiger partial charge in [0.15, 0.2) is 0 Å². The Bertz CT molecular complexity index is 297. The molecule has 1 aromatic heterocycles. The van der Waals surface area contributed by atoms with Crippen LogP contribution in [0.1, 0.15) is 10.4 Å². The standard InChI is InChI=1S/C8H9N2O2/c1-10(2)8(12)6-5-9-4-3-7(6)11/h4-5H,1-2H3,(H,9,11). The van der Waals surface area contributed by atoms with Crippen LogP contribution in [-0.2, 0) is 0 Å². The first kappa shape index (κ1) is 8.52. The van der Waals surface area contributed by atoms with Gasteiger partial charge in [-0.05, 0) is 0 Å². The van der Waals surface area contributed by atoms with Crippen molar-refractivity contribution in [2.24, 2.45) is 0 Å². The summed E-state index contributed by atoms with van der Waals surface area (Å²) in [6.07, 6.45) is 2.62. The van der Waals surface area contributed by atoms with Crippen LogP contribution in [0.25, 0.3) is 0 Å². The van der Waals surface area contributed by atoms with Gasteiger partial charge >= 0.3 is 0 Å². The van der Waals surface area contributed by atoms with E-state index in [1.54, 1.807) is 14.1 Å². The SMILES string of the molecule is CN(C)C(=O)c1cnc[c]c1O. The van der Waals surface area contributed by atoms with Gasteiger partial charge in [0.2, 0.25) is 0 Å². The number of carbonyl (C=O) groups excluding carboxylic acids is 1. The normalized spacial score (nSPS) is 9.50. The highest BCUT2D eigenvalue weighted by atomic mass is 16.3. The third-order valence-electron chi connectivity index (χ3n) is 1.37. The van der Waals surface area contributed by atoms with Crippen molar-refractivity contribution in [2.45, 2.75) is 0 Å². The van der Waals surface area contributed by atoms with Crippen molar-refractivity contribution < 1.29 is 9.90 Å². The molecule has 1 N–H and O–H groups in total. The summed E-state index contributed by atoms with van der Waals surface area (Å²) in [6.45, 7) is 0. The number of aromatic hydroxyl groups is 1. The van der Waals surface area contributed by atoms with Crippen LogP contribution in [-0.4, -0.2) is 35.0 Å². The number of rotatable bonds is 1. The minimum Gasteiger partial charge on any atom is -0.506 e. The number of pyridine rings is 1. The van der Waals surface area contributed by atoms with Crippen molar-refractivity contribution in [1.82, 2.24) is 9.88 Å². The average Bonchev–Trinajstić information content (AvgIpc) is 2.04. The van der Waals surface area contributed by atoms with Crippen LogP contribution in [0.2, 0.25) is 0 Å². The number of carbonyl (C=O) groups is 1. The molecular formula is C8H9N2O2. The Hall–Kier alpha value is -1.58. The largest absolute Gasteiger partial charge is 0.506 e. The quantitative estimate of drug-likeness (QED) is 0.650. The molecule has 1 heterocycles. The fourth-order valence-electron chi connectivity index (χ4n) is 0.747. The molecule has 0 spiro atoms. The molecule has 4 nitrogen and oxygen atoms in total. The van der Waals surface area contributed by atoms with Crippen molar-refractivity contribution in [3.8, 4) is 5.75 Å². The maximum absolute atomic E-state index is 11.3. The zero-order valence-electron chi connectivity index (χ0n) is 6.90. The molecule has 63 valence electrons. The highest BCUT2D eigenvalue weighted by Crippen LogP contribution is 2.14. The molecule has 1 rings (SSSR count). The van der Waals surface area contributed by atoms with E-state index in [1.165, 1.54) is 17.3 Å². The van der Waals surface area contributed by atoms with Gasteiger partial charge in [0.1, 0.15) is 11.3 Å². The van der Waals surface area contributed by atoms with Crippen molar-refractivity contribution in [2.75, 3.05) is 14.1 Å². The molecule has 0 aliphatic heterocycles. The second-order valence-corrected chi connectivity index (χ2v) is 2.51. The lowest BCUT2D eigenvalue weighted by atomic mass is 10.2. The molecule has 0 aromatic carbocycles. The topological polar surface area (TPSA) is 53.4 Å². The Morgan fingerprint density at radius 1 is 1.67 bits per heavy atom. The third-order valence-corrected chi connectivity index (χ3v) is 1.37. The monoisotopic (exact) mass is 165 g/mol. The van der Waals surface area contributed by atoms with E-state index < -0.39 is 0 Å². The van der Waals surface area contributed by atoms with Crippen molar-refractivity contribution in [3.05, 3.63) is 24.0 Å². The number of amides is 1. The van der Waals surface area contributed by atoms with Crippen LogP contribution in [0, 0.1) is 6.07 Å². The van der Waals surface area contributed by atoms with E-state index in [4.69, 9.17) is 0 Å². The Balaban J connectivity index is 3.03. The molecule has 0 unspecified atom stereocenters. The summed E-state index contributed by atoms with van der Waals surface area (Å²) in [4.78, 5) is 16.3. The molecule has 1 aromatic rings. The van der Waals surface area contributed by atoms with Crippen LogP contribution in [0.4, 0.5) is 0 Å². The van der Waals surface area contributed by atoms with Crippen LogP contribution in [0.5, 0.6) is 5.75 Å². The second kappa shape index (κ2) is 3.21. The molecule has 0 atom stereocenters. The van der Waals surface area contributed by atoms with Gasteiger partial charge in [0.05, 0.1) is 0 Å². The molecule has 0 bridgehead atoms. The second-order valence-electron chi connectivity index (χ2n) is 2.51. The number of hydrogen-bond donors (Lipinski definition) is 1. The molecule has 1 radical (unpaired) electrons. The first-order chi connectivity index (χ1) is 5.63. The number of hydrogen-bond acceptors (Lipinski definition) is 3. The lowest BCUT2D eigenvalue weighted by Gasteiger charge is -2.09. The molecule has 0 fully saturated rings. The van der Waals surface area contributed by atoms with Gasteiger partial charge < -0.3 is 10.0 Å². The lowest BCUT2D eigenvalue weighted by molar-refractivity contribution is 0.0824. The molecule has 0 saturated carbocycles. The molecule has 0 saturated heterocycles. The minimum absolute atomic E-state index is 0.163. The summed E-state index contributed by atoms with van der Waals surface area (Å²) in [5, 5.41) is 9.19. The number of nitrogens with zero attached hydrogens (tertiary/aromatic N) is 2. The zero-order chi connectivity index (χ0) is 9.14. The molecule has 0 aliphatic rings. The summed E-state index contributed by atoms with van der Waals surface area (Å²) >= 11 is 0. The number of aromatic nitrogens is 1. The molecule has 0 aliphatic carbocycles. The van der Waals surface area contributed by atoms with E-state index in [0.717, 1.165) is 0 Å². The van der Waals surface area contributed by atoms with Gasteiger partial charge in [0, 0.05) is 32.6 Å². The Kier molecular flexibility index (Phi) is 2.28. The fourth-order valence-corrected chi connectivity index (χ4v) is 0.747. The Morgan fingerprint density at radius 2 is 2.33 bits per heavy atom. The molecule has 4 heteroatoms. The molecular weight excluding hydrogens is 156 g/mol. The minimum atomic E-state index is -0.281. The summed E-state index contributed by atoms with van der Waals surface area (Å²) in [5.74, 6) is -0.444. The van der Waals surface area contributed by atoms with Crippen LogP contribution in [0.15, 0.2) is 12.4 Å². The van der Waals surface area contributed by atoms with Crippen LogP contribution >= 0.6 is 0 Å². The predicted molar refractivity (Wildman–Crippen MR) is 42.8 cm³/mol. The third kappa shape index (κ3) is 1.53. The van der Waals surface area contributed by atoms with Gasteiger partial charge in [-0.3, -0.25) is 9.78 Å². The molecule has 12 heavy (non-hydrogen) atoms. The first-order valence-corrected chi connectivity index (χ1v) is 3.39. The van der Waals surface area contributed by atoms with Crippen molar-refractivity contribution >= 4 is 5.91 Å². The maximum atomic E-state index is 11.3. The lowest BCUT2D eigenvalue weighted by Crippen LogP contribution is -2.21. The molecule has 1 amide bonds. The van der Waals surface area contributed by atoms with Crippen molar-refractivity contribution in [1.29, 1.82) is 0 Å². The van der Waals surface area contributed by atoms with Gasteiger partial charge in [-0.2, -0.15) is 0 Å². The smallest absolute Gasteiger partial charge is 0.258 e. The van der Waals surface area contributed by atoms with Crippen molar-refractivity contribution in [3.63, 3.8) is 0 Å². The van der Waals surface area contributed by atoms with E-state index in [-0.39, 0.29) is 17.2 Å².